The summed E-state index contributed by atoms with van der Waals surface area (Å²) in [6.07, 6.45) is 17.2. The highest BCUT2D eigenvalue weighted by Crippen LogP contribution is 2.66. The van der Waals surface area contributed by atoms with Crippen LogP contribution < -0.4 is 21.4 Å². The van der Waals surface area contributed by atoms with Crippen LogP contribution in [-0.4, -0.2) is 35.1 Å². The number of hydrogen-bond donors (Lipinski definition) is 5. The molecule has 4 saturated carbocycles. The summed E-state index contributed by atoms with van der Waals surface area (Å²) in [5, 5.41) is 17.8. The SMILES string of the molecule is CC12CC3CC(C)(C1)CC(NC(=O)Nc1ccc(C(=O)NCCCCCCCCCCCC(=O)NO)cc1)(C3)C2. The van der Waals surface area contributed by atoms with Crippen molar-refractivity contribution in [2.45, 2.75) is 122 Å². The predicted octanol–water partition coefficient (Wildman–Crippen LogP) is 6.69. The molecule has 0 radical (unpaired) electrons. The topological polar surface area (TPSA) is 120 Å². The largest absolute Gasteiger partial charge is 0.352 e. The fourth-order valence-corrected chi connectivity index (χ4v) is 8.70. The smallest absolute Gasteiger partial charge is 0.319 e. The number of carbonyl (C=O) groups is 3. The lowest BCUT2D eigenvalue weighted by Crippen LogP contribution is -2.65. The van der Waals surface area contributed by atoms with Gasteiger partial charge in [0.25, 0.3) is 5.91 Å². The first-order chi connectivity index (χ1) is 19.1. The number of amides is 4. The Morgan fingerprint density at radius 2 is 1.38 bits per heavy atom. The summed E-state index contributed by atoms with van der Waals surface area (Å²) >= 11 is 0. The van der Waals surface area contributed by atoms with Crippen LogP contribution in [0, 0.1) is 16.7 Å². The van der Waals surface area contributed by atoms with E-state index in [1.165, 1.54) is 38.5 Å². The molecule has 0 saturated heterocycles. The summed E-state index contributed by atoms with van der Waals surface area (Å²) in [5.41, 5.74) is 3.57. The molecular weight excluding hydrogens is 504 g/mol. The molecule has 5 rings (SSSR count). The molecule has 4 aliphatic rings. The number of benzene rings is 1. The Bertz CT molecular complexity index is 1010. The van der Waals surface area contributed by atoms with E-state index in [4.69, 9.17) is 5.21 Å². The van der Waals surface area contributed by atoms with Gasteiger partial charge in [0.1, 0.15) is 0 Å². The van der Waals surface area contributed by atoms with Gasteiger partial charge < -0.3 is 16.0 Å². The second kappa shape index (κ2) is 13.4. The Kier molecular flexibility index (Phi) is 10.1. The summed E-state index contributed by atoms with van der Waals surface area (Å²) in [4.78, 5) is 36.4. The number of carbonyl (C=O) groups excluding carboxylic acids is 3. The number of hydroxylamine groups is 1. The van der Waals surface area contributed by atoms with Crippen molar-refractivity contribution in [3.63, 3.8) is 0 Å². The van der Waals surface area contributed by atoms with Gasteiger partial charge in [-0.15, -0.1) is 0 Å². The van der Waals surface area contributed by atoms with Gasteiger partial charge in [-0.3, -0.25) is 14.8 Å². The van der Waals surface area contributed by atoms with Crippen molar-refractivity contribution in [1.82, 2.24) is 16.1 Å². The van der Waals surface area contributed by atoms with E-state index >= 15 is 0 Å². The average molecular weight is 555 g/mol. The molecular formula is C32H50N4O4. The standard InChI is InChI=1S/C32H50N4O4/c1-30-18-24-19-31(2,21-30)23-32(20-24,22-30)35-29(39)34-26-15-13-25(14-16-26)28(38)33-17-11-9-7-5-3-4-6-8-10-12-27(37)36-40/h13-16,24,40H,3-12,17-23H2,1-2H3,(H,33,38)(H,36,37)(H2,34,35,39). The van der Waals surface area contributed by atoms with Gasteiger partial charge in [0, 0.05) is 29.8 Å². The molecule has 40 heavy (non-hydrogen) atoms. The van der Waals surface area contributed by atoms with Gasteiger partial charge in [0.05, 0.1) is 0 Å². The van der Waals surface area contributed by atoms with Crippen molar-refractivity contribution in [2.75, 3.05) is 11.9 Å². The maximum atomic E-state index is 13.0. The van der Waals surface area contributed by atoms with Crippen LogP contribution in [0.2, 0.25) is 0 Å². The highest BCUT2D eigenvalue weighted by atomic mass is 16.5. The van der Waals surface area contributed by atoms with Crippen molar-refractivity contribution < 1.29 is 19.6 Å². The third-order valence-electron chi connectivity index (χ3n) is 9.40. The van der Waals surface area contributed by atoms with Crippen LogP contribution in [0.4, 0.5) is 10.5 Å². The van der Waals surface area contributed by atoms with E-state index in [1.54, 1.807) is 29.7 Å². The molecule has 0 spiro atoms. The van der Waals surface area contributed by atoms with Crippen LogP contribution in [0.1, 0.15) is 127 Å². The first-order valence-corrected chi connectivity index (χ1v) is 15.5. The van der Waals surface area contributed by atoms with Crippen molar-refractivity contribution in [1.29, 1.82) is 0 Å². The lowest BCUT2D eigenvalue weighted by molar-refractivity contribution is -0.129. The van der Waals surface area contributed by atoms with Crippen molar-refractivity contribution >= 4 is 23.5 Å². The molecule has 0 aliphatic heterocycles. The third-order valence-corrected chi connectivity index (χ3v) is 9.40. The van der Waals surface area contributed by atoms with Gasteiger partial charge in [0.15, 0.2) is 0 Å². The van der Waals surface area contributed by atoms with E-state index in [-0.39, 0.29) is 23.4 Å². The molecule has 4 amide bonds. The third kappa shape index (κ3) is 8.45. The Hall–Kier alpha value is -2.61. The maximum Gasteiger partial charge on any atom is 0.319 e. The molecule has 2 atom stereocenters. The van der Waals surface area contributed by atoms with Gasteiger partial charge >= 0.3 is 6.03 Å². The van der Waals surface area contributed by atoms with Crippen molar-refractivity contribution in [3.05, 3.63) is 29.8 Å². The van der Waals surface area contributed by atoms with Gasteiger partial charge in [-0.25, -0.2) is 10.3 Å². The Labute approximate surface area is 239 Å². The van der Waals surface area contributed by atoms with Crippen LogP contribution >= 0.6 is 0 Å². The van der Waals surface area contributed by atoms with E-state index in [2.05, 4.69) is 29.8 Å². The summed E-state index contributed by atoms with van der Waals surface area (Å²) < 4.78 is 0. The van der Waals surface area contributed by atoms with E-state index in [0.717, 1.165) is 63.7 Å². The van der Waals surface area contributed by atoms with Gasteiger partial charge in [0.2, 0.25) is 5.91 Å². The number of unbranched alkanes of at least 4 members (excludes halogenated alkanes) is 8. The minimum absolute atomic E-state index is 0.0825. The second-order valence-electron chi connectivity index (χ2n) is 13.8. The van der Waals surface area contributed by atoms with Crippen LogP contribution in [0.3, 0.4) is 0 Å². The Morgan fingerprint density at radius 3 is 1.95 bits per heavy atom. The number of rotatable bonds is 15. The molecule has 1 aromatic rings. The van der Waals surface area contributed by atoms with Crippen LogP contribution in [-0.2, 0) is 4.79 Å². The number of urea groups is 1. The van der Waals surface area contributed by atoms with Gasteiger partial charge in [-0.05, 0) is 92.4 Å². The zero-order valence-corrected chi connectivity index (χ0v) is 24.6. The first kappa shape index (κ1) is 30.4. The maximum absolute atomic E-state index is 13.0. The number of nitrogens with one attached hydrogen (secondary N) is 4. The molecule has 8 nitrogen and oxygen atoms in total. The van der Waals surface area contributed by atoms with E-state index in [1.807, 2.05) is 0 Å². The van der Waals surface area contributed by atoms with Crippen molar-refractivity contribution in [3.8, 4) is 0 Å². The molecule has 0 aromatic heterocycles. The zero-order chi connectivity index (χ0) is 28.6. The molecule has 2 unspecified atom stereocenters. The molecule has 4 bridgehead atoms. The highest BCUT2D eigenvalue weighted by molar-refractivity contribution is 5.95. The molecule has 4 fully saturated rings. The zero-order valence-electron chi connectivity index (χ0n) is 24.6. The lowest BCUT2D eigenvalue weighted by atomic mass is 9.43. The van der Waals surface area contributed by atoms with Gasteiger partial charge in [-0.1, -0.05) is 58.8 Å². The average Bonchev–Trinajstić information content (AvgIpc) is 2.86. The molecule has 4 aliphatic carbocycles. The fraction of sp³-hybridized carbons (Fsp3) is 0.719. The highest BCUT2D eigenvalue weighted by Gasteiger charge is 2.60. The molecule has 222 valence electrons. The molecule has 8 heteroatoms. The van der Waals surface area contributed by atoms with E-state index < -0.39 is 0 Å². The Balaban J connectivity index is 1.07. The number of hydrogen-bond acceptors (Lipinski definition) is 4. The van der Waals surface area contributed by atoms with Gasteiger partial charge in [-0.2, -0.15) is 0 Å². The lowest BCUT2D eigenvalue weighted by Gasteiger charge is -2.65. The quantitative estimate of drug-likeness (QED) is 0.0942. The molecule has 1 aromatic carbocycles. The number of anilines is 1. The minimum Gasteiger partial charge on any atom is -0.352 e. The minimum atomic E-state index is -0.309. The van der Waals surface area contributed by atoms with E-state index in [0.29, 0.717) is 35.0 Å². The predicted molar refractivity (Wildman–Crippen MR) is 157 cm³/mol. The monoisotopic (exact) mass is 554 g/mol. The normalized spacial score (nSPS) is 28.2. The summed E-state index contributed by atoms with van der Waals surface area (Å²) in [6, 6.07) is 7.01. The molecule has 0 heterocycles. The summed E-state index contributed by atoms with van der Waals surface area (Å²) in [7, 11) is 0. The summed E-state index contributed by atoms with van der Waals surface area (Å²) in [6.45, 7) is 5.48. The Morgan fingerprint density at radius 1 is 0.800 bits per heavy atom. The van der Waals surface area contributed by atoms with Crippen LogP contribution in [0.5, 0.6) is 0 Å². The molecule has 5 N–H and O–H groups in total. The van der Waals surface area contributed by atoms with Crippen LogP contribution in [0.15, 0.2) is 24.3 Å². The van der Waals surface area contributed by atoms with Crippen molar-refractivity contribution in [2.24, 2.45) is 16.7 Å². The fourth-order valence-electron chi connectivity index (χ4n) is 8.70. The second-order valence-corrected chi connectivity index (χ2v) is 13.8. The van der Waals surface area contributed by atoms with Crippen LogP contribution in [0.25, 0.3) is 0 Å². The van der Waals surface area contributed by atoms with E-state index in [9.17, 15) is 14.4 Å². The summed E-state index contributed by atoms with van der Waals surface area (Å²) in [5.74, 6) is 0.332. The first-order valence-electron chi connectivity index (χ1n) is 15.5.